The first-order valence-electron chi connectivity index (χ1n) is 8.20. The fourth-order valence-electron chi connectivity index (χ4n) is 3.22. The molecule has 1 aliphatic rings. The van der Waals surface area contributed by atoms with E-state index in [-0.39, 0.29) is 6.10 Å². The summed E-state index contributed by atoms with van der Waals surface area (Å²) in [5, 5.41) is 14.6. The van der Waals surface area contributed by atoms with Gasteiger partial charge in [0.05, 0.1) is 6.10 Å². The Balaban J connectivity index is 1.84. The molecule has 0 amide bonds. The van der Waals surface area contributed by atoms with E-state index in [0.29, 0.717) is 18.3 Å². The molecule has 0 radical (unpaired) electrons. The average molecular weight is 279 g/mol. The SMILES string of the molecule is CC(C)Cn1ncnc1CC(O)CC1CCCCCC1. The monoisotopic (exact) mass is 279 g/mol. The normalized spacial score (nSPS) is 19.2. The zero-order chi connectivity index (χ0) is 14.4. The Hall–Kier alpha value is -0.900. The van der Waals surface area contributed by atoms with Gasteiger partial charge in [-0.15, -0.1) is 0 Å². The quantitative estimate of drug-likeness (QED) is 0.814. The lowest BCUT2D eigenvalue weighted by molar-refractivity contribution is 0.134. The van der Waals surface area contributed by atoms with Gasteiger partial charge < -0.3 is 5.11 Å². The van der Waals surface area contributed by atoms with Gasteiger partial charge in [0.2, 0.25) is 0 Å². The Morgan fingerprint density at radius 2 is 1.95 bits per heavy atom. The molecule has 1 atom stereocenters. The van der Waals surface area contributed by atoms with E-state index in [1.807, 2.05) is 4.68 Å². The van der Waals surface area contributed by atoms with Gasteiger partial charge in [0.15, 0.2) is 0 Å². The molecule has 1 aromatic heterocycles. The predicted molar refractivity (Wildman–Crippen MR) is 80.4 cm³/mol. The van der Waals surface area contributed by atoms with Crippen LogP contribution in [0.25, 0.3) is 0 Å². The molecular weight excluding hydrogens is 250 g/mol. The van der Waals surface area contributed by atoms with Gasteiger partial charge in [0.1, 0.15) is 12.2 Å². The van der Waals surface area contributed by atoms with E-state index in [9.17, 15) is 5.11 Å². The number of hydrogen-bond donors (Lipinski definition) is 1. The van der Waals surface area contributed by atoms with Crippen LogP contribution in [0.1, 0.15) is 64.6 Å². The third-order valence-corrected chi connectivity index (χ3v) is 4.23. The van der Waals surface area contributed by atoms with Crippen LogP contribution < -0.4 is 0 Å². The van der Waals surface area contributed by atoms with Gasteiger partial charge in [-0.25, -0.2) is 9.67 Å². The first-order chi connectivity index (χ1) is 9.65. The summed E-state index contributed by atoms with van der Waals surface area (Å²) in [7, 11) is 0. The molecule has 2 rings (SSSR count). The third-order valence-electron chi connectivity index (χ3n) is 4.23. The van der Waals surface area contributed by atoms with Crippen LogP contribution in [0.3, 0.4) is 0 Å². The summed E-state index contributed by atoms with van der Waals surface area (Å²) in [6.45, 7) is 5.23. The maximum atomic E-state index is 10.3. The van der Waals surface area contributed by atoms with Crippen molar-refractivity contribution in [3.63, 3.8) is 0 Å². The minimum atomic E-state index is -0.270. The molecule has 0 aliphatic heterocycles. The number of aliphatic hydroxyl groups is 1. The highest BCUT2D eigenvalue weighted by Crippen LogP contribution is 2.27. The van der Waals surface area contributed by atoms with E-state index in [4.69, 9.17) is 0 Å². The summed E-state index contributed by atoms with van der Waals surface area (Å²) < 4.78 is 1.95. The lowest BCUT2D eigenvalue weighted by Gasteiger charge is -2.18. The zero-order valence-corrected chi connectivity index (χ0v) is 13.0. The summed E-state index contributed by atoms with van der Waals surface area (Å²) in [6, 6.07) is 0. The van der Waals surface area contributed by atoms with Gasteiger partial charge in [-0.2, -0.15) is 5.10 Å². The van der Waals surface area contributed by atoms with Crippen molar-refractivity contribution >= 4 is 0 Å². The topological polar surface area (TPSA) is 50.9 Å². The molecule has 1 aliphatic carbocycles. The van der Waals surface area contributed by atoms with Crippen molar-refractivity contribution in [2.45, 2.75) is 77.9 Å². The minimum Gasteiger partial charge on any atom is -0.393 e. The highest BCUT2D eigenvalue weighted by molar-refractivity contribution is 4.88. The molecule has 0 bridgehead atoms. The largest absolute Gasteiger partial charge is 0.393 e. The molecule has 1 aromatic rings. The molecule has 0 spiro atoms. The van der Waals surface area contributed by atoms with Crippen LogP contribution in [-0.4, -0.2) is 26.0 Å². The maximum absolute atomic E-state index is 10.3. The number of rotatable bonds is 6. The van der Waals surface area contributed by atoms with Crippen molar-refractivity contribution in [2.75, 3.05) is 0 Å². The molecule has 114 valence electrons. The third kappa shape index (κ3) is 4.89. The summed E-state index contributed by atoms with van der Waals surface area (Å²) in [4.78, 5) is 4.31. The van der Waals surface area contributed by atoms with E-state index in [2.05, 4.69) is 23.9 Å². The maximum Gasteiger partial charge on any atom is 0.138 e. The van der Waals surface area contributed by atoms with Gasteiger partial charge in [-0.05, 0) is 18.3 Å². The Morgan fingerprint density at radius 1 is 1.25 bits per heavy atom. The smallest absolute Gasteiger partial charge is 0.138 e. The summed E-state index contributed by atoms with van der Waals surface area (Å²) in [5.41, 5.74) is 0. The molecule has 0 aromatic carbocycles. The molecule has 20 heavy (non-hydrogen) atoms. The molecule has 1 saturated carbocycles. The van der Waals surface area contributed by atoms with Crippen LogP contribution in [0.5, 0.6) is 0 Å². The van der Waals surface area contributed by atoms with Crippen molar-refractivity contribution in [2.24, 2.45) is 11.8 Å². The second kappa shape index (κ2) is 7.77. The number of hydrogen-bond acceptors (Lipinski definition) is 3. The standard InChI is InChI=1S/C16H29N3O/c1-13(2)11-19-16(17-12-18-19)10-15(20)9-14-7-5-3-4-6-8-14/h12-15,20H,3-11H2,1-2H3. The van der Waals surface area contributed by atoms with Crippen molar-refractivity contribution in [1.29, 1.82) is 0 Å². The fourth-order valence-corrected chi connectivity index (χ4v) is 3.22. The van der Waals surface area contributed by atoms with Crippen LogP contribution in [0.4, 0.5) is 0 Å². The van der Waals surface area contributed by atoms with Crippen molar-refractivity contribution in [1.82, 2.24) is 14.8 Å². The van der Waals surface area contributed by atoms with Gasteiger partial charge in [0.25, 0.3) is 0 Å². The molecule has 1 unspecified atom stereocenters. The van der Waals surface area contributed by atoms with Gasteiger partial charge >= 0.3 is 0 Å². The van der Waals surface area contributed by atoms with Gasteiger partial charge in [0, 0.05) is 13.0 Å². The van der Waals surface area contributed by atoms with Crippen LogP contribution in [-0.2, 0) is 13.0 Å². The highest BCUT2D eigenvalue weighted by atomic mass is 16.3. The highest BCUT2D eigenvalue weighted by Gasteiger charge is 2.18. The second-order valence-electron chi connectivity index (χ2n) is 6.70. The van der Waals surface area contributed by atoms with Crippen molar-refractivity contribution in [3.8, 4) is 0 Å². The molecule has 1 heterocycles. The fraction of sp³-hybridized carbons (Fsp3) is 0.875. The van der Waals surface area contributed by atoms with E-state index in [1.54, 1.807) is 6.33 Å². The second-order valence-corrected chi connectivity index (χ2v) is 6.70. The van der Waals surface area contributed by atoms with Gasteiger partial charge in [-0.3, -0.25) is 0 Å². The van der Waals surface area contributed by atoms with Crippen LogP contribution in [0, 0.1) is 11.8 Å². The Labute approximate surface area is 122 Å². The van der Waals surface area contributed by atoms with Crippen LogP contribution in [0.15, 0.2) is 6.33 Å². The van der Waals surface area contributed by atoms with Crippen molar-refractivity contribution < 1.29 is 5.11 Å². The molecular formula is C16H29N3O. The summed E-state index contributed by atoms with van der Waals surface area (Å²) in [5.74, 6) is 2.18. The summed E-state index contributed by atoms with van der Waals surface area (Å²) >= 11 is 0. The molecule has 1 fully saturated rings. The van der Waals surface area contributed by atoms with E-state index in [0.717, 1.165) is 18.8 Å². The molecule has 1 N–H and O–H groups in total. The lowest BCUT2D eigenvalue weighted by Crippen LogP contribution is -2.20. The summed E-state index contributed by atoms with van der Waals surface area (Å²) in [6.07, 6.45) is 10.9. The predicted octanol–water partition coefficient (Wildman–Crippen LogP) is 3.20. The first-order valence-corrected chi connectivity index (χ1v) is 8.20. The van der Waals surface area contributed by atoms with E-state index >= 15 is 0 Å². The average Bonchev–Trinajstić information content (AvgIpc) is 2.64. The Morgan fingerprint density at radius 3 is 2.60 bits per heavy atom. The minimum absolute atomic E-state index is 0.270. The zero-order valence-electron chi connectivity index (χ0n) is 13.0. The Kier molecular flexibility index (Phi) is 6.02. The lowest BCUT2D eigenvalue weighted by atomic mass is 9.92. The number of nitrogens with zero attached hydrogens (tertiary/aromatic N) is 3. The molecule has 4 heteroatoms. The molecule has 0 saturated heterocycles. The first kappa shape index (κ1) is 15.5. The number of aromatic nitrogens is 3. The molecule has 4 nitrogen and oxygen atoms in total. The van der Waals surface area contributed by atoms with E-state index in [1.165, 1.54) is 38.5 Å². The number of aliphatic hydroxyl groups excluding tert-OH is 1. The van der Waals surface area contributed by atoms with Crippen LogP contribution in [0.2, 0.25) is 0 Å². The Bertz CT molecular complexity index is 381. The van der Waals surface area contributed by atoms with Crippen molar-refractivity contribution in [3.05, 3.63) is 12.2 Å². The van der Waals surface area contributed by atoms with Gasteiger partial charge in [-0.1, -0.05) is 52.4 Å². The van der Waals surface area contributed by atoms with E-state index < -0.39 is 0 Å². The van der Waals surface area contributed by atoms with Crippen LogP contribution >= 0.6 is 0 Å².